The smallest absolute Gasteiger partial charge is 0.247 e. The average molecular weight is 343 g/mol. The fraction of sp³-hybridized carbons (Fsp3) is 0.389. The molecule has 1 aliphatic carbocycles. The SMILES string of the molecule is NC(C(=O)Nc1ncccc1C(=O)C1CCCCC1)c1cccs1. The summed E-state index contributed by atoms with van der Waals surface area (Å²) in [5.41, 5.74) is 6.47. The van der Waals surface area contributed by atoms with Crippen molar-refractivity contribution in [2.75, 3.05) is 5.32 Å². The third-order valence-corrected chi connectivity index (χ3v) is 5.38. The van der Waals surface area contributed by atoms with Gasteiger partial charge < -0.3 is 11.1 Å². The Hall–Kier alpha value is -2.05. The Morgan fingerprint density at radius 1 is 1.21 bits per heavy atom. The molecule has 1 aliphatic rings. The number of Topliss-reactive ketones (excluding diaryl/α,β-unsaturated/α-hetero) is 1. The van der Waals surface area contributed by atoms with E-state index in [1.165, 1.54) is 17.8 Å². The molecule has 24 heavy (non-hydrogen) atoms. The van der Waals surface area contributed by atoms with Crippen molar-refractivity contribution >= 4 is 28.8 Å². The molecule has 0 saturated heterocycles. The highest BCUT2D eigenvalue weighted by atomic mass is 32.1. The highest BCUT2D eigenvalue weighted by molar-refractivity contribution is 7.10. The van der Waals surface area contributed by atoms with Gasteiger partial charge in [0.2, 0.25) is 5.91 Å². The van der Waals surface area contributed by atoms with Crippen molar-refractivity contribution in [3.05, 3.63) is 46.3 Å². The normalized spacial score (nSPS) is 16.5. The first-order valence-corrected chi connectivity index (χ1v) is 9.14. The van der Waals surface area contributed by atoms with E-state index in [1.807, 2.05) is 17.5 Å². The maximum absolute atomic E-state index is 12.8. The molecule has 1 saturated carbocycles. The Morgan fingerprint density at radius 3 is 2.71 bits per heavy atom. The van der Waals surface area contributed by atoms with Crippen molar-refractivity contribution in [1.29, 1.82) is 0 Å². The van der Waals surface area contributed by atoms with Gasteiger partial charge in [-0.05, 0) is 36.4 Å². The highest BCUT2D eigenvalue weighted by Gasteiger charge is 2.26. The van der Waals surface area contributed by atoms with Gasteiger partial charge in [0.25, 0.3) is 0 Å². The minimum Gasteiger partial charge on any atom is -0.316 e. The third-order valence-electron chi connectivity index (χ3n) is 4.42. The van der Waals surface area contributed by atoms with Crippen LogP contribution >= 0.6 is 11.3 Å². The first-order chi connectivity index (χ1) is 11.7. The van der Waals surface area contributed by atoms with Crippen LogP contribution in [0.1, 0.15) is 53.4 Å². The van der Waals surface area contributed by atoms with Gasteiger partial charge in [-0.2, -0.15) is 0 Å². The van der Waals surface area contributed by atoms with E-state index in [4.69, 9.17) is 5.73 Å². The van der Waals surface area contributed by atoms with Crippen LogP contribution in [0.5, 0.6) is 0 Å². The summed E-state index contributed by atoms with van der Waals surface area (Å²) in [7, 11) is 0. The minimum atomic E-state index is -0.760. The van der Waals surface area contributed by atoms with E-state index >= 15 is 0 Å². The van der Waals surface area contributed by atoms with Gasteiger partial charge in [0.05, 0.1) is 5.56 Å². The number of aromatic nitrogens is 1. The quantitative estimate of drug-likeness (QED) is 0.813. The zero-order chi connectivity index (χ0) is 16.9. The van der Waals surface area contributed by atoms with Gasteiger partial charge in [-0.1, -0.05) is 25.3 Å². The van der Waals surface area contributed by atoms with E-state index in [9.17, 15) is 9.59 Å². The van der Waals surface area contributed by atoms with Gasteiger partial charge in [-0.3, -0.25) is 9.59 Å². The molecule has 0 bridgehead atoms. The van der Waals surface area contributed by atoms with E-state index in [0.29, 0.717) is 11.4 Å². The van der Waals surface area contributed by atoms with Crippen molar-refractivity contribution in [3.63, 3.8) is 0 Å². The number of anilines is 1. The number of rotatable bonds is 5. The van der Waals surface area contributed by atoms with Gasteiger partial charge >= 0.3 is 0 Å². The number of carbonyl (C=O) groups excluding carboxylic acids is 2. The first-order valence-electron chi connectivity index (χ1n) is 8.26. The van der Waals surface area contributed by atoms with Crippen LogP contribution in [0.25, 0.3) is 0 Å². The topological polar surface area (TPSA) is 85.1 Å². The van der Waals surface area contributed by atoms with Crippen LogP contribution in [0.2, 0.25) is 0 Å². The molecule has 0 spiro atoms. The molecule has 2 heterocycles. The molecule has 3 rings (SSSR count). The van der Waals surface area contributed by atoms with Crippen molar-refractivity contribution in [1.82, 2.24) is 4.98 Å². The summed E-state index contributed by atoms with van der Waals surface area (Å²) >= 11 is 1.43. The fourth-order valence-corrected chi connectivity index (χ4v) is 3.81. The molecule has 6 heteroatoms. The summed E-state index contributed by atoms with van der Waals surface area (Å²) in [6.45, 7) is 0. The number of pyridine rings is 1. The Bertz CT molecular complexity index is 709. The van der Waals surface area contributed by atoms with E-state index in [0.717, 1.165) is 30.6 Å². The second-order valence-corrected chi connectivity index (χ2v) is 7.06. The number of amides is 1. The maximum Gasteiger partial charge on any atom is 0.247 e. The highest BCUT2D eigenvalue weighted by Crippen LogP contribution is 2.29. The molecule has 5 nitrogen and oxygen atoms in total. The van der Waals surface area contributed by atoms with Crippen LogP contribution in [0.3, 0.4) is 0 Å². The van der Waals surface area contributed by atoms with Crippen molar-refractivity contribution < 1.29 is 9.59 Å². The molecular formula is C18H21N3O2S. The Morgan fingerprint density at radius 2 is 2.00 bits per heavy atom. The number of thiophene rings is 1. The number of nitrogens with one attached hydrogen (secondary N) is 1. The summed E-state index contributed by atoms with van der Waals surface area (Å²) in [4.78, 5) is 30.1. The predicted molar refractivity (Wildman–Crippen MR) is 95.0 cm³/mol. The van der Waals surface area contributed by atoms with Crippen LogP contribution in [0.4, 0.5) is 5.82 Å². The van der Waals surface area contributed by atoms with Gasteiger partial charge in [0.1, 0.15) is 11.9 Å². The molecule has 1 atom stereocenters. The first kappa shape index (κ1) is 16.8. The van der Waals surface area contributed by atoms with Crippen LogP contribution < -0.4 is 11.1 Å². The molecule has 0 radical (unpaired) electrons. The zero-order valence-electron chi connectivity index (χ0n) is 13.4. The molecule has 2 aromatic heterocycles. The van der Waals surface area contributed by atoms with E-state index < -0.39 is 6.04 Å². The monoisotopic (exact) mass is 343 g/mol. The molecule has 1 amide bonds. The number of hydrogen-bond acceptors (Lipinski definition) is 5. The van der Waals surface area contributed by atoms with E-state index in [-0.39, 0.29) is 17.6 Å². The second-order valence-electron chi connectivity index (χ2n) is 6.08. The van der Waals surface area contributed by atoms with Crippen LogP contribution in [0.15, 0.2) is 35.8 Å². The lowest BCUT2D eigenvalue weighted by Crippen LogP contribution is -2.29. The third kappa shape index (κ3) is 3.71. The number of hydrogen-bond donors (Lipinski definition) is 2. The number of carbonyl (C=O) groups is 2. The summed E-state index contributed by atoms with van der Waals surface area (Å²) < 4.78 is 0. The van der Waals surface area contributed by atoms with Crippen molar-refractivity contribution in [2.45, 2.75) is 38.1 Å². The van der Waals surface area contributed by atoms with Crippen LogP contribution in [-0.4, -0.2) is 16.7 Å². The molecule has 3 N–H and O–H groups in total. The Labute approximate surface area is 145 Å². The Balaban J connectivity index is 1.76. The van der Waals surface area contributed by atoms with E-state index in [2.05, 4.69) is 10.3 Å². The Kier molecular flexibility index (Phi) is 5.37. The maximum atomic E-state index is 12.8. The second kappa shape index (κ2) is 7.68. The number of ketones is 1. The standard InChI is InChI=1S/C18H21N3O2S/c19-15(14-9-5-11-24-14)18(23)21-17-13(8-4-10-20-17)16(22)12-6-2-1-3-7-12/h4-5,8-12,15H,1-3,6-7,19H2,(H,20,21,23). The van der Waals surface area contributed by atoms with Crippen LogP contribution in [0, 0.1) is 5.92 Å². The lowest BCUT2D eigenvalue weighted by Gasteiger charge is -2.21. The molecule has 1 unspecified atom stereocenters. The molecular weight excluding hydrogens is 322 g/mol. The fourth-order valence-electron chi connectivity index (χ4n) is 3.08. The minimum absolute atomic E-state index is 0.0320. The summed E-state index contributed by atoms with van der Waals surface area (Å²) in [6.07, 6.45) is 6.76. The van der Waals surface area contributed by atoms with Gasteiger partial charge in [0, 0.05) is 17.0 Å². The zero-order valence-corrected chi connectivity index (χ0v) is 14.2. The molecule has 2 aromatic rings. The molecule has 0 aliphatic heterocycles. The van der Waals surface area contributed by atoms with Crippen molar-refractivity contribution in [2.24, 2.45) is 11.7 Å². The van der Waals surface area contributed by atoms with Crippen LogP contribution in [-0.2, 0) is 4.79 Å². The largest absolute Gasteiger partial charge is 0.316 e. The van der Waals surface area contributed by atoms with Gasteiger partial charge in [-0.25, -0.2) is 4.98 Å². The van der Waals surface area contributed by atoms with E-state index in [1.54, 1.807) is 18.3 Å². The summed E-state index contributed by atoms with van der Waals surface area (Å²) in [6, 6.07) is 6.37. The average Bonchev–Trinajstić information content (AvgIpc) is 3.16. The number of nitrogens with two attached hydrogens (primary N) is 1. The summed E-state index contributed by atoms with van der Waals surface area (Å²) in [5, 5.41) is 4.61. The van der Waals surface area contributed by atoms with Gasteiger partial charge in [-0.15, -0.1) is 11.3 Å². The molecule has 1 fully saturated rings. The predicted octanol–water partition coefficient (Wildman–Crippen LogP) is 3.54. The number of nitrogens with zero attached hydrogens (tertiary/aromatic N) is 1. The molecule has 126 valence electrons. The molecule has 0 aromatic carbocycles. The lowest BCUT2D eigenvalue weighted by atomic mass is 9.84. The lowest BCUT2D eigenvalue weighted by molar-refractivity contribution is -0.117. The van der Waals surface area contributed by atoms with Crippen molar-refractivity contribution in [3.8, 4) is 0 Å². The summed E-state index contributed by atoms with van der Waals surface area (Å²) in [5.74, 6) is 0.0614. The van der Waals surface area contributed by atoms with Gasteiger partial charge in [0.15, 0.2) is 5.78 Å².